The summed E-state index contributed by atoms with van der Waals surface area (Å²) in [6.45, 7) is 0. The van der Waals surface area contributed by atoms with Gasteiger partial charge in [-0.25, -0.2) is 0 Å². The van der Waals surface area contributed by atoms with Crippen molar-refractivity contribution in [2.75, 3.05) is 0 Å². The third-order valence-corrected chi connectivity index (χ3v) is 3.52. The second-order valence-corrected chi connectivity index (χ2v) is 4.69. The number of hydrazine groups is 1. The van der Waals surface area contributed by atoms with Crippen molar-refractivity contribution in [1.29, 1.82) is 0 Å². The van der Waals surface area contributed by atoms with Gasteiger partial charge in [0, 0.05) is 12.5 Å². The summed E-state index contributed by atoms with van der Waals surface area (Å²) in [5, 5.41) is 0. The fourth-order valence-electron chi connectivity index (χ4n) is 2.48. The zero-order valence-electron chi connectivity index (χ0n) is 9.67. The summed E-state index contributed by atoms with van der Waals surface area (Å²) in [5.41, 5.74) is 2.88. The minimum atomic E-state index is 0.419. The van der Waals surface area contributed by atoms with E-state index in [1.54, 1.807) is 0 Å². The van der Waals surface area contributed by atoms with E-state index in [9.17, 15) is 0 Å². The lowest BCUT2D eigenvalue weighted by Gasteiger charge is -2.23. The molecule has 0 radical (unpaired) electrons. The highest BCUT2D eigenvalue weighted by molar-refractivity contribution is 4.85. The maximum absolute atomic E-state index is 5.51. The third kappa shape index (κ3) is 5.20. The predicted octanol–water partition coefficient (Wildman–Crippen LogP) is 2.59. The SMILES string of the molecule is C#CCCC(CCC1CCCCC1)NN. The van der Waals surface area contributed by atoms with Crippen LogP contribution in [-0.2, 0) is 0 Å². The van der Waals surface area contributed by atoms with Crippen molar-refractivity contribution in [1.82, 2.24) is 5.43 Å². The van der Waals surface area contributed by atoms with Crippen LogP contribution in [0.15, 0.2) is 0 Å². The average Bonchev–Trinajstić information content (AvgIpc) is 2.31. The fraction of sp³-hybridized carbons (Fsp3) is 0.846. The molecule has 1 unspecified atom stereocenters. The van der Waals surface area contributed by atoms with Gasteiger partial charge in [0.05, 0.1) is 0 Å². The van der Waals surface area contributed by atoms with Crippen molar-refractivity contribution in [2.24, 2.45) is 11.8 Å². The molecule has 0 spiro atoms. The maximum Gasteiger partial charge on any atom is 0.0219 e. The molecule has 2 heteroatoms. The van der Waals surface area contributed by atoms with E-state index in [4.69, 9.17) is 12.3 Å². The van der Waals surface area contributed by atoms with Crippen LogP contribution in [0.2, 0.25) is 0 Å². The summed E-state index contributed by atoms with van der Waals surface area (Å²) in [4.78, 5) is 0. The molecule has 0 bridgehead atoms. The van der Waals surface area contributed by atoms with Crippen LogP contribution in [0.3, 0.4) is 0 Å². The summed E-state index contributed by atoms with van der Waals surface area (Å²) < 4.78 is 0. The highest BCUT2D eigenvalue weighted by Gasteiger charge is 2.15. The van der Waals surface area contributed by atoms with Crippen LogP contribution in [-0.4, -0.2) is 6.04 Å². The summed E-state index contributed by atoms with van der Waals surface area (Å²) in [6, 6.07) is 0.419. The molecular weight excluding hydrogens is 184 g/mol. The van der Waals surface area contributed by atoms with Crippen LogP contribution in [0.4, 0.5) is 0 Å². The summed E-state index contributed by atoms with van der Waals surface area (Å²) in [6.07, 6.45) is 16.7. The molecule has 15 heavy (non-hydrogen) atoms. The first-order chi connectivity index (χ1) is 7.36. The summed E-state index contributed by atoms with van der Waals surface area (Å²) in [7, 11) is 0. The Labute approximate surface area is 94.0 Å². The molecule has 0 amide bonds. The molecule has 1 fully saturated rings. The lowest BCUT2D eigenvalue weighted by molar-refractivity contribution is 0.310. The van der Waals surface area contributed by atoms with E-state index in [-0.39, 0.29) is 0 Å². The van der Waals surface area contributed by atoms with Gasteiger partial charge >= 0.3 is 0 Å². The molecule has 0 aromatic rings. The van der Waals surface area contributed by atoms with Crippen molar-refractivity contribution in [3.8, 4) is 12.3 Å². The van der Waals surface area contributed by atoms with Gasteiger partial charge in [-0.15, -0.1) is 12.3 Å². The summed E-state index contributed by atoms with van der Waals surface area (Å²) in [5.74, 6) is 9.13. The van der Waals surface area contributed by atoms with Crippen molar-refractivity contribution >= 4 is 0 Å². The predicted molar refractivity (Wildman–Crippen MR) is 65.0 cm³/mol. The zero-order valence-corrected chi connectivity index (χ0v) is 9.67. The molecule has 0 heterocycles. The third-order valence-electron chi connectivity index (χ3n) is 3.52. The van der Waals surface area contributed by atoms with Gasteiger partial charge in [0.1, 0.15) is 0 Å². The van der Waals surface area contributed by atoms with E-state index >= 15 is 0 Å². The van der Waals surface area contributed by atoms with E-state index in [1.807, 2.05) is 0 Å². The highest BCUT2D eigenvalue weighted by Crippen LogP contribution is 2.27. The lowest BCUT2D eigenvalue weighted by atomic mass is 9.85. The van der Waals surface area contributed by atoms with E-state index in [0.29, 0.717) is 6.04 Å². The van der Waals surface area contributed by atoms with E-state index in [0.717, 1.165) is 18.8 Å². The van der Waals surface area contributed by atoms with Crippen LogP contribution in [0, 0.1) is 18.3 Å². The first-order valence-corrected chi connectivity index (χ1v) is 6.26. The molecular formula is C13H24N2. The minimum absolute atomic E-state index is 0.419. The maximum atomic E-state index is 5.51. The number of terminal acetylenes is 1. The number of nitrogens with two attached hydrogens (primary N) is 1. The van der Waals surface area contributed by atoms with Crippen LogP contribution < -0.4 is 11.3 Å². The van der Waals surface area contributed by atoms with Crippen LogP contribution in [0.25, 0.3) is 0 Å². The second kappa shape index (κ2) is 7.73. The van der Waals surface area contributed by atoms with Gasteiger partial charge in [0.15, 0.2) is 0 Å². The molecule has 1 aliphatic rings. The fourth-order valence-corrected chi connectivity index (χ4v) is 2.48. The molecule has 1 aliphatic carbocycles. The first-order valence-electron chi connectivity index (χ1n) is 6.26. The minimum Gasteiger partial charge on any atom is -0.271 e. The van der Waals surface area contributed by atoms with Gasteiger partial charge in [-0.05, 0) is 25.2 Å². The molecule has 86 valence electrons. The van der Waals surface area contributed by atoms with Gasteiger partial charge in [-0.3, -0.25) is 11.3 Å². The summed E-state index contributed by atoms with van der Waals surface area (Å²) >= 11 is 0. The Balaban J connectivity index is 2.12. The molecule has 1 saturated carbocycles. The molecule has 0 saturated heterocycles. The number of hydrogen-bond acceptors (Lipinski definition) is 2. The van der Waals surface area contributed by atoms with Crippen LogP contribution in [0.1, 0.15) is 57.8 Å². The van der Waals surface area contributed by atoms with Crippen molar-refractivity contribution in [3.63, 3.8) is 0 Å². The Hall–Kier alpha value is -0.520. The van der Waals surface area contributed by atoms with E-state index < -0.39 is 0 Å². The largest absolute Gasteiger partial charge is 0.271 e. The second-order valence-electron chi connectivity index (χ2n) is 4.69. The topological polar surface area (TPSA) is 38.0 Å². The van der Waals surface area contributed by atoms with Crippen molar-refractivity contribution < 1.29 is 0 Å². The zero-order chi connectivity index (χ0) is 10.9. The Bertz CT molecular complexity index is 189. The normalized spacial score (nSPS) is 19.7. The van der Waals surface area contributed by atoms with Gasteiger partial charge in [0.2, 0.25) is 0 Å². The van der Waals surface area contributed by atoms with Crippen molar-refractivity contribution in [3.05, 3.63) is 0 Å². The Morgan fingerprint density at radius 3 is 2.60 bits per heavy atom. The first kappa shape index (κ1) is 12.5. The molecule has 0 aliphatic heterocycles. The van der Waals surface area contributed by atoms with Gasteiger partial charge in [-0.2, -0.15) is 0 Å². The molecule has 2 nitrogen and oxygen atoms in total. The number of rotatable bonds is 6. The quantitative estimate of drug-likeness (QED) is 0.400. The Morgan fingerprint density at radius 2 is 2.00 bits per heavy atom. The van der Waals surface area contributed by atoms with Crippen LogP contribution >= 0.6 is 0 Å². The van der Waals surface area contributed by atoms with Crippen LogP contribution in [0.5, 0.6) is 0 Å². The molecule has 3 N–H and O–H groups in total. The molecule has 1 atom stereocenters. The Morgan fingerprint density at radius 1 is 1.27 bits per heavy atom. The number of nitrogens with one attached hydrogen (secondary N) is 1. The van der Waals surface area contributed by atoms with Gasteiger partial charge < -0.3 is 0 Å². The van der Waals surface area contributed by atoms with Gasteiger partial charge in [0.25, 0.3) is 0 Å². The molecule has 0 aromatic heterocycles. The van der Waals surface area contributed by atoms with E-state index in [1.165, 1.54) is 44.9 Å². The standard InChI is InChI=1S/C13H24N2/c1-2-3-9-13(15-14)11-10-12-7-5-4-6-8-12/h1,12-13,15H,3-11,14H2. The highest BCUT2D eigenvalue weighted by atomic mass is 15.2. The molecule has 1 rings (SSSR count). The van der Waals surface area contributed by atoms with E-state index in [2.05, 4.69) is 11.3 Å². The Kier molecular flexibility index (Phi) is 6.47. The lowest BCUT2D eigenvalue weighted by Crippen LogP contribution is -2.35. The van der Waals surface area contributed by atoms with Crippen molar-refractivity contribution in [2.45, 2.75) is 63.8 Å². The monoisotopic (exact) mass is 208 g/mol. The molecule has 0 aromatic carbocycles. The smallest absolute Gasteiger partial charge is 0.0219 e. The number of hydrogen-bond donors (Lipinski definition) is 2. The average molecular weight is 208 g/mol. The van der Waals surface area contributed by atoms with Gasteiger partial charge in [-0.1, -0.05) is 32.1 Å².